The Balaban J connectivity index is 2.20. The van der Waals surface area contributed by atoms with E-state index in [-0.39, 0.29) is 11.7 Å². The van der Waals surface area contributed by atoms with Crippen molar-refractivity contribution >= 4 is 23.4 Å². The Morgan fingerprint density at radius 1 is 1.00 bits per heavy atom. The highest BCUT2D eigenvalue weighted by atomic mass is 35.5. The van der Waals surface area contributed by atoms with Gasteiger partial charge in [-0.15, -0.1) is 11.6 Å². The van der Waals surface area contributed by atoms with Gasteiger partial charge in [-0.25, -0.2) is 4.39 Å². The minimum atomic E-state index is -0.240. The molecule has 2 aromatic carbocycles. The fourth-order valence-electron chi connectivity index (χ4n) is 1.32. The summed E-state index contributed by atoms with van der Waals surface area (Å²) in [7, 11) is 0. The standard InChI is InChI=1S/C13H10ClFS/c14-9-10-6-7-12(8-13(10)15)16-11-4-2-1-3-5-11/h1-8H,9H2. The van der Waals surface area contributed by atoms with Gasteiger partial charge in [0.1, 0.15) is 5.82 Å². The van der Waals surface area contributed by atoms with E-state index in [2.05, 4.69) is 0 Å². The third-order valence-corrected chi connectivity index (χ3v) is 3.43. The molecule has 0 aliphatic heterocycles. The Labute approximate surface area is 103 Å². The summed E-state index contributed by atoms with van der Waals surface area (Å²) in [5.74, 6) is -0.0294. The number of alkyl halides is 1. The van der Waals surface area contributed by atoms with E-state index in [1.807, 2.05) is 36.4 Å². The Hall–Kier alpha value is -0.990. The van der Waals surface area contributed by atoms with E-state index in [1.165, 1.54) is 17.8 Å². The van der Waals surface area contributed by atoms with E-state index in [4.69, 9.17) is 11.6 Å². The van der Waals surface area contributed by atoms with Crippen molar-refractivity contribution in [3.05, 3.63) is 59.9 Å². The first kappa shape index (κ1) is 11.5. The molecule has 0 spiro atoms. The van der Waals surface area contributed by atoms with Crippen molar-refractivity contribution in [2.45, 2.75) is 15.7 Å². The Morgan fingerprint density at radius 2 is 1.75 bits per heavy atom. The van der Waals surface area contributed by atoms with Crippen LogP contribution in [-0.2, 0) is 5.88 Å². The molecule has 0 atom stereocenters. The van der Waals surface area contributed by atoms with Crippen molar-refractivity contribution < 1.29 is 4.39 Å². The summed E-state index contributed by atoms with van der Waals surface area (Å²) in [6, 6.07) is 15.0. The number of halogens is 2. The maximum Gasteiger partial charge on any atom is 0.128 e. The summed E-state index contributed by atoms with van der Waals surface area (Å²) >= 11 is 7.14. The van der Waals surface area contributed by atoms with Crippen LogP contribution in [-0.4, -0.2) is 0 Å². The molecule has 0 amide bonds. The lowest BCUT2D eigenvalue weighted by Crippen LogP contribution is -1.85. The highest BCUT2D eigenvalue weighted by Crippen LogP contribution is 2.28. The molecule has 82 valence electrons. The third-order valence-electron chi connectivity index (χ3n) is 2.15. The number of hydrogen-bond donors (Lipinski definition) is 0. The van der Waals surface area contributed by atoms with Crippen LogP contribution in [0.1, 0.15) is 5.56 Å². The van der Waals surface area contributed by atoms with E-state index in [0.29, 0.717) is 5.56 Å². The van der Waals surface area contributed by atoms with Crippen LogP contribution in [0.15, 0.2) is 58.3 Å². The average molecular weight is 253 g/mol. The highest BCUT2D eigenvalue weighted by Gasteiger charge is 2.03. The van der Waals surface area contributed by atoms with Crippen molar-refractivity contribution in [1.29, 1.82) is 0 Å². The summed E-state index contributed by atoms with van der Waals surface area (Å²) in [4.78, 5) is 1.98. The van der Waals surface area contributed by atoms with Crippen molar-refractivity contribution in [2.24, 2.45) is 0 Å². The third kappa shape index (κ3) is 2.77. The molecular formula is C13H10ClFS. The van der Waals surface area contributed by atoms with Crippen molar-refractivity contribution in [3.8, 4) is 0 Å². The van der Waals surface area contributed by atoms with Crippen molar-refractivity contribution in [1.82, 2.24) is 0 Å². The molecule has 2 aromatic rings. The molecule has 0 N–H and O–H groups in total. The quantitative estimate of drug-likeness (QED) is 0.713. The molecule has 0 aliphatic rings. The highest BCUT2D eigenvalue weighted by molar-refractivity contribution is 7.99. The smallest absolute Gasteiger partial charge is 0.128 e. The Bertz CT molecular complexity index is 471. The van der Waals surface area contributed by atoms with Crippen LogP contribution in [0.2, 0.25) is 0 Å². The van der Waals surface area contributed by atoms with Gasteiger partial charge in [0.15, 0.2) is 0 Å². The second-order valence-electron chi connectivity index (χ2n) is 3.30. The zero-order chi connectivity index (χ0) is 11.4. The van der Waals surface area contributed by atoms with Crippen LogP contribution in [0.4, 0.5) is 4.39 Å². The molecule has 2 rings (SSSR count). The zero-order valence-corrected chi connectivity index (χ0v) is 10.1. The molecular weight excluding hydrogens is 243 g/mol. The van der Waals surface area contributed by atoms with E-state index < -0.39 is 0 Å². The van der Waals surface area contributed by atoms with Gasteiger partial charge in [0.25, 0.3) is 0 Å². The molecule has 0 saturated carbocycles. The van der Waals surface area contributed by atoms with Crippen LogP contribution in [0.3, 0.4) is 0 Å². The molecule has 0 radical (unpaired) electrons. The van der Waals surface area contributed by atoms with Crippen LogP contribution in [0.25, 0.3) is 0 Å². The van der Waals surface area contributed by atoms with Crippen LogP contribution < -0.4 is 0 Å². The molecule has 0 saturated heterocycles. The van der Waals surface area contributed by atoms with Gasteiger partial charge in [0.2, 0.25) is 0 Å². The predicted molar refractivity (Wildman–Crippen MR) is 66.5 cm³/mol. The van der Waals surface area contributed by atoms with Crippen molar-refractivity contribution in [3.63, 3.8) is 0 Å². The fourth-order valence-corrected chi connectivity index (χ4v) is 2.41. The first-order chi connectivity index (χ1) is 7.79. The normalized spacial score (nSPS) is 10.4. The van der Waals surface area contributed by atoms with Crippen LogP contribution in [0.5, 0.6) is 0 Å². The van der Waals surface area contributed by atoms with Gasteiger partial charge in [-0.05, 0) is 24.3 Å². The minimum Gasteiger partial charge on any atom is -0.207 e. The van der Waals surface area contributed by atoms with Gasteiger partial charge in [-0.3, -0.25) is 0 Å². The number of hydrogen-bond acceptors (Lipinski definition) is 1. The summed E-state index contributed by atoms with van der Waals surface area (Å²) in [6.07, 6.45) is 0. The number of benzene rings is 2. The molecule has 0 aromatic heterocycles. The second kappa shape index (κ2) is 5.37. The van der Waals surface area contributed by atoms with Gasteiger partial charge in [0.05, 0.1) is 5.88 Å². The lowest BCUT2D eigenvalue weighted by Gasteiger charge is -2.03. The Kier molecular flexibility index (Phi) is 3.86. The maximum absolute atomic E-state index is 13.5. The Morgan fingerprint density at radius 3 is 2.38 bits per heavy atom. The molecule has 16 heavy (non-hydrogen) atoms. The van der Waals surface area contributed by atoms with Gasteiger partial charge in [-0.2, -0.15) is 0 Å². The fraction of sp³-hybridized carbons (Fsp3) is 0.0769. The molecule has 0 nitrogen and oxygen atoms in total. The van der Waals surface area contributed by atoms with E-state index >= 15 is 0 Å². The maximum atomic E-state index is 13.5. The van der Waals surface area contributed by atoms with E-state index in [0.717, 1.165) is 9.79 Å². The van der Waals surface area contributed by atoms with Gasteiger partial charge >= 0.3 is 0 Å². The lowest BCUT2D eigenvalue weighted by molar-refractivity contribution is 0.613. The summed E-state index contributed by atoms with van der Waals surface area (Å²) in [5, 5.41) is 0. The molecule has 0 bridgehead atoms. The zero-order valence-electron chi connectivity index (χ0n) is 8.49. The molecule has 0 heterocycles. The van der Waals surface area contributed by atoms with E-state index in [9.17, 15) is 4.39 Å². The van der Waals surface area contributed by atoms with Gasteiger partial charge < -0.3 is 0 Å². The monoisotopic (exact) mass is 252 g/mol. The van der Waals surface area contributed by atoms with Crippen LogP contribution >= 0.6 is 23.4 Å². The predicted octanol–water partition coefficient (Wildman–Crippen LogP) is 4.72. The first-order valence-corrected chi connectivity index (χ1v) is 6.22. The largest absolute Gasteiger partial charge is 0.207 e. The molecule has 0 unspecified atom stereocenters. The summed E-state index contributed by atoms with van der Waals surface area (Å²) in [5.41, 5.74) is 0.541. The van der Waals surface area contributed by atoms with Gasteiger partial charge in [0, 0.05) is 15.4 Å². The molecule has 3 heteroatoms. The SMILES string of the molecule is Fc1cc(Sc2ccccc2)ccc1CCl. The summed E-state index contributed by atoms with van der Waals surface area (Å²) < 4.78 is 13.5. The molecule has 0 aliphatic carbocycles. The topological polar surface area (TPSA) is 0 Å². The first-order valence-electron chi connectivity index (χ1n) is 4.87. The molecule has 0 fully saturated rings. The van der Waals surface area contributed by atoms with Gasteiger partial charge in [-0.1, -0.05) is 36.0 Å². The van der Waals surface area contributed by atoms with Crippen LogP contribution in [0, 0.1) is 5.82 Å². The summed E-state index contributed by atoms with van der Waals surface area (Å²) in [6.45, 7) is 0. The van der Waals surface area contributed by atoms with E-state index in [1.54, 1.807) is 6.07 Å². The average Bonchev–Trinajstić information content (AvgIpc) is 2.31. The minimum absolute atomic E-state index is 0.210. The second-order valence-corrected chi connectivity index (χ2v) is 4.72. The van der Waals surface area contributed by atoms with Crippen molar-refractivity contribution in [2.75, 3.05) is 0 Å². The number of rotatable bonds is 3. The lowest BCUT2D eigenvalue weighted by atomic mass is 10.2.